The predicted molar refractivity (Wildman–Crippen MR) is 72.4 cm³/mol. The molecule has 2 heterocycles. The highest BCUT2D eigenvalue weighted by Crippen LogP contribution is 2.21. The molecule has 0 atom stereocenters. The van der Waals surface area contributed by atoms with Crippen LogP contribution in [0.2, 0.25) is 5.02 Å². The predicted octanol–water partition coefficient (Wildman–Crippen LogP) is 2.95. The number of benzene rings is 1. The van der Waals surface area contributed by atoms with Crippen LogP contribution in [0.25, 0.3) is 5.52 Å². The first kappa shape index (κ1) is 12.7. The summed E-state index contributed by atoms with van der Waals surface area (Å²) in [6.45, 7) is 0. The first-order valence-corrected chi connectivity index (χ1v) is 6.28. The van der Waals surface area contributed by atoms with Gasteiger partial charge in [-0.3, -0.25) is 9.78 Å². The molecule has 0 radical (unpaired) electrons. The Morgan fingerprint density at radius 1 is 1.35 bits per heavy atom. The summed E-state index contributed by atoms with van der Waals surface area (Å²) in [4.78, 5) is 16.2. The van der Waals surface area contributed by atoms with Gasteiger partial charge in [0, 0.05) is 29.4 Å². The lowest BCUT2D eigenvalue weighted by molar-refractivity contribution is 0.0993. The van der Waals surface area contributed by atoms with Crippen molar-refractivity contribution < 1.29 is 9.18 Å². The number of carbonyl (C=O) groups is 1. The Balaban J connectivity index is 1.98. The van der Waals surface area contributed by atoms with Crippen molar-refractivity contribution in [3.8, 4) is 0 Å². The largest absolute Gasteiger partial charge is 0.294 e. The number of fused-ring (bicyclic) bond motifs is 1. The Kier molecular flexibility index (Phi) is 3.20. The second kappa shape index (κ2) is 5.02. The lowest BCUT2D eigenvalue weighted by Gasteiger charge is -2.04. The van der Waals surface area contributed by atoms with Crippen molar-refractivity contribution in [2.75, 3.05) is 0 Å². The molecule has 3 rings (SSSR count). The minimum Gasteiger partial charge on any atom is -0.294 e. The first-order valence-electron chi connectivity index (χ1n) is 5.90. The van der Waals surface area contributed by atoms with Gasteiger partial charge in [-0.25, -0.2) is 8.91 Å². The molecular formula is C14H9ClFN3O. The van der Waals surface area contributed by atoms with Crippen LogP contribution in [0.15, 0.2) is 43.0 Å². The van der Waals surface area contributed by atoms with Crippen molar-refractivity contribution in [3.05, 3.63) is 65.0 Å². The summed E-state index contributed by atoms with van der Waals surface area (Å²) in [5.41, 5.74) is 1.18. The van der Waals surface area contributed by atoms with Crippen LogP contribution in [0.1, 0.15) is 15.9 Å². The first-order chi connectivity index (χ1) is 9.66. The topological polar surface area (TPSA) is 47.3 Å². The van der Waals surface area contributed by atoms with E-state index in [0.29, 0.717) is 11.1 Å². The molecule has 0 N–H and O–H groups in total. The minimum atomic E-state index is -0.486. The highest BCUT2D eigenvalue weighted by molar-refractivity contribution is 6.31. The van der Waals surface area contributed by atoms with Gasteiger partial charge < -0.3 is 0 Å². The van der Waals surface area contributed by atoms with E-state index < -0.39 is 5.82 Å². The van der Waals surface area contributed by atoms with Crippen LogP contribution in [0, 0.1) is 5.82 Å². The summed E-state index contributed by atoms with van der Waals surface area (Å²) in [5.74, 6) is -0.736. The molecule has 0 spiro atoms. The van der Waals surface area contributed by atoms with Crippen LogP contribution >= 0.6 is 11.6 Å². The van der Waals surface area contributed by atoms with Gasteiger partial charge in [-0.2, -0.15) is 5.10 Å². The molecule has 4 nitrogen and oxygen atoms in total. The summed E-state index contributed by atoms with van der Waals surface area (Å²) < 4.78 is 15.2. The van der Waals surface area contributed by atoms with Gasteiger partial charge in [-0.1, -0.05) is 17.7 Å². The van der Waals surface area contributed by atoms with Gasteiger partial charge in [0.15, 0.2) is 5.78 Å². The zero-order valence-corrected chi connectivity index (χ0v) is 11.0. The maximum absolute atomic E-state index is 13.7. The second-order valence-electron chi connectivity index (χ2n) is 4.26. The highest BCUT2D eigenvalue weighted by atomic mass is 35.5. The highest BCUT2D eigenvalue weighted by Gasteiger charge is 2.17. The van der Waals surface area contributed by atoms with E-state index >= 15 is 0 Å². The molecule has 1 aromatic carbocycles. The third kappa shape index (κ3) is 2.16. The maximum atomic E-state index is 13.7. The van der Waals surface area contributed by atoms with E-state index in [0.717, 1.165) is 0 Å². The van der Waals surface area contributed by atoms with Gasteiger partial charge in [-0.15, -0.1) is 0 Å². The normalized spacial score (nSPS) is 10.9. The average molecular weight is 290 g/mol. The smallest absolute Gasteiger partial charge is 0.171 e. The number of ketones is 1. The number of hydrogen-bond donors (Lipinski definition) is 0. The summed E-state index contributed by atoms with van der Waals surface area (Å²) in [6.07, 6.45) is 6.10. The summed E-state index contributed by atoms with van der Waals surface area (Å²) >= 11 is 5.93. The molecule has 0 saturated carbocycles. The van der Waals surface area contributed by atoms with Gasteiger partial charge in [0.05, 0.1) is 23.5 Å². The van der Waals surface area contributed by atoms with E-state index in [1.165, 1.54) is 18.3 Å². The van der Waals surface area contributed by atoms with Crippen LogP contribution in [-0.4, -0.2) is 20.4 Å². The molecule has 2 aromatic heterocycles. The fourth-order valence-electron chi connectivity index (χ4n) is 2.01. The molecule has 20 heavy (non-hydrogen) atoms. The lowest BCUT2D eigenvalue weighted by Crippen LogP contribution is -2.05. The maximum Gasteiger partial charge on any atom is 0.171 e. The molecule has 0 aliphatic heterocycles. The molecular weight excluding hydrogens is 281 g/mol. The molecule has 0 unspecified atom stereocenters. The number of aromatic nitrogens is 3. The molecule has 0 aliphatic rings. The summed E-state index contributed by atoms with van der Waals surface area (Å²) in [5, 5.41) is 4.30. The van der Waals surface area contributed by atoms with Crippen molar-refractivity contribution in [1.82, 2.24) is 14.6 Å². The fourth-order valence-corrected chi connectivity index (χ4v) is 2.24. The third-order valence-corrected chi connectivity index (χ3v) is 3.38. The molecule has 3 aromatic rings. The molecule has 0 bridgehead atoms. The number of nitrogens with zero attached hydrogens (tertiary/aromatic N) is 3. The van der Waals surface area contributed by atoms with Crippen molar-refractivity contribution in [2.24, 2.45) is 0 Å². The number of rotatable bonds is 3. The fraction of sp³-hybridized carbons (Fsp3) is 0.0714. The zero-order valence-electron chi connectivity index (χ0n) is 10.3. The Morgan fingerprint density at radius 3 is 3.00 bits per heavy atom. The third-order valence-electron chi connectivity index (χ3n) is 3.02. The van der Waals surface area contributed by atoms with Gasteiger partial charge in [-0.05, 0) is 12.1 Å². The summed E-state index contributed by atoms with van der Waals surface area (Å²) in [6, 6.07) is 4.35. The van der Waals surface area contributed by atoms with Crippen LogP contribution in [-0.2, 0) is 6.42 Å². The average Bonchev–Trinajstić information content (AvgIpc) is 2.87. The van der Waals surface area contributed by atoms with E-state index in [1.807, 2.05) is 0 Å². The van der Waals surface area contributed by atoms with Crippen molar-refractivity contribution in [2.45, 2.75) is 6.42 Å². The second-order valence-corrected chi connectivity index (χ2v) is 4.67. The quantitative estimate of drug-likeness (QED) is 0.697. The Morgan fingerprint density at radius 2 is 2.20 bits per heavy atom. The van der Waals surface area contributed by atoms with E-state index in [1.54, 1.807) is 29.2 Å². The van der Waals surface area contributed by atoms with Gasteiger partial charge in [0.1, 0.15) is 5.82 Å². The number of carbonyl (C=O) groups excluding carboxylic acids is 1. The van der Waals surface area contributed by atoms with Crippen molar-refractivity contribution in [1.29, 1.82) is 0 Å². The van der Waals surface area contributed by atoms with Crippen LogP contribution in [0.4, 0.5) is 4.39 Å². The van der Waals surface area contributed by atoms with E-state index in [-0.39, 0.29) is 22.8 Å². The standard InChI is InChI=1S/C14H9ClFN3O/c15-11-2-1-3-12(16)9(11)6-14(20)10-7-18-19-5-4-17-8-13(10)19/h1-5,7-8H,6H2. The molecule has 0 fully saturated rings. The SMILES string of the molecule is O=C(Cc1c(F)cccc1Cl)c1cnn2ccncc12. The van der Waals surface area contributed by atoms with Crippen LogP contribution in [0.5, 0.6) is 0 Å². The molecule has 100 valence electrons. The Hall–Kier alpha value is -2.27. The Bertz CT molecular complexity index is 780. The van der Waals surface area contributed by atoms with Crippen molar-refractivity contribution in [3.63, 3.8) is 0 Å². The van der Waals surface area contributed by atoms with Crippen LogP contribution < -0.4 is 0 Å². The van der Waals surface area contributed by atoms with Gasteiger partial charge in [0.2, 0.25) is 0 Å². The van der Waals surface area contributed by atoms with Gasteiger partial charge >= 0.3 is 0 Å². The zero-order chi connectivity index (χ0) is 14.1. The number of hydrogen-bond acceptors (Lipinski definition) is 3. The van der Waals surface area contributed by atoms with Crippen molar-refractivity contribution >= 4 is 22.9 Å². The number of Topliss-reactive ketones (excluding diaryl/α,β-unsaturated/α-hetero) is 1. The Labute approximate surface area is 118 Å². The minimum absolute atomic E-state index is 0.109. The lowest BCUT2D eigenvalue weighted by atomic mass is 10.0. The monoisotopic (exact) mass is 289 g/mol. The number of halogens is 2. The van der Waals surface area contributed by atoms with Crippen LogP contribution in [0.3, 0.4) is 0 Å². The van der Waals surface area contributed by atoms with E-state index in [4.69, 9.17) is 11.6 Å². The van der Waals surface area contributed by atoms with E-state index in [9.17, 15) is 9.18 Å². The van der Waals surface area contributed by atoms with Gasteiger partial charge in [0.25, 0.3) is 0 Å². The van der Waals surface area contributed by atoms with E-state index in [2.05, 4.69) is 10.1 Å². The molecule has 0 saturated heterocycles. The summed E-state index contributed by atoms with van der Waals surface area (Å²) in [7, 11) is 0. The molecule has 6 heteroatoms. The molecule has 0 aliphatic carbocycles. The molecule has 0 amide bonds.